The van der Waals surface area contributed by atoms with Crippen molar-refractivity contribution in [2.75, 3.05) is 17.7 Å². The number of nitrogens with zero attached hydrogens (tertiary/aromatic N) is 2. The second-order valence-electron chi connectivity index (χ2n) is 8.62. The number of methoxy groups -OCH3 is 1. The number of carbonyl (C=O) groups is 1. The van der Waals surface area contributed by atoms with Crippen molar-refractivity contribution < 1.29 is 14.6 Å². The van der Waals surface area contributed by atoms with Crippen LogP contribution in [0.1, 0.15) is 18.5 Å². The molecule has 1 aliphatic heterocycles. The summed E-state index contributed by atoms with van der Waals surface area (Å²) in [5.41, 5.74) is 1.45. The van der Waals surface area contributed by atoms with E-state index in [-0.39, 0.29) is 5.91 Å². The van der Waals surface area contributed by atoms with Crippen LogP contribution in [0.3, 0.4) is 0 Å². The van der Waals surface area contributed by atoms with Crippen molar-refractivity contribution in [2.45, 2.75) is 18.7 Å². The maximum Gasteiger partial charge on any atom is 0.234 e. The first-order valence-electron chi connectivity index (χ1n) is 11.2. The van der Waals surface area contributed by atoms with Crippen LogP contribution in [0.15, 0.2) is 85.1 Å². The Labute approximate surface area is 208 Å². The molecule has 0 saturated carbocycles. The minimum absolute atomic E-state index is 0.380. The molecular formula is C27H25ClN4O3. The van der Waals surface area contributed by atoms with Crippen molar-refractivity contribution in [2.24, 2.45) is 5.92 Å². The SMILES string of the molecule is COc1ccccc1NC(=O)[C@@H]1[C@H](c2ccc(Cl)cc2)Nc2c(-c3ccccc3)cnn2[C@]1(C)O. The Morgan fingerprint density at radius 1 is 1.09 bits per heavy atom. The zero-order chi connectivity index (χ0) is 24.6. The van der Waals surface area contributed by atoms with Crippen molar-refractivity contribution in [3.63, 3.8) is 0 Å². The highest BCUT2D eigenvalue weighted by Gasteiger charge is 2.50. The van der Waals surface area contributed by atoms with Crippen LogP contribution in [0.25, 0.3) is 11.1 Å². The molecule has 1 aromatic heterocycles. The first-order valence-corrected chi connectivity index (χ1v) is 11.6. The summed E-state index contributed by atoms with van der Waals surface area (Å²) < 4.78 is 6.87. The molecule has 0 aliphatic carbocycles. The zero-order valence-electron chi connectivity index (χ0n) is 19.3. The Morgan fingerprint density at radius 3 is 2.49 bits per heavy atom. The van der Waals surface area contributed by atoms with Gasteiger partial charge in [-0.3, -0.25) is 4.79 Å². The molecule has 0 fully saturated rings. The third-order valence-electron chi connectivity index (χ3n) is 6.37. The molecule has 5 rings (SSSR count). The number of aromatic nitrogens is 2. The van der Waals surface area contributed by atoms with Gasteiger partial charge in [0.15, 0.2) is 5.72 Å². The summed E-state index contributed by atoms with van der Waals surface area (Å²) in [5, 5.41) is 23.3. The largest absolute Gasteiger partial charge is 0.495 e. The Bertz CT molecular complexity index is 1350. The molecular weight excluding hydrogens is 464 g/mol. The van der Waals surface area contributed by atoms with Crippen molar-refractivity contribution >= 4 is 29.0 Å². The number of carbonyl (C=O) groups excluding carboxylic acids is 1. The minimum Gasteiger partial charge on any atom is -0.495 e. The molecule has 0 spiro atoms. The topological polar surface area (TPSA) is 88.4 Å². The Morgan fingerprint density at radius 2 is 1.77 bits per heavy atom. The molecule has 8 heteroatoms. The molecule has 1 aliphatic rings. The lowest BCUT2D eigenvalue weighted by molar-refractivity contribution is -0.143. The molecule has 1 amide bonds. The lowest BCUT2D eigenvalue weighted by Gasteiger charge is -2.43. The fraction of sp³-hybridized carbons (Fsp3) is 0.185. The van der Waals surface area contributed by atoms with E-state index in [1.807, 2.05) is 54.6 Å². The molecule has 3 atom stereocenters. The van der Waals surface area contributed by atoms with Gasteiger partial charge in [0.1, 0.15) is 17.5 Å². The third kappa shape index (κ3) is 4.13. The van der Waals surface area contributed by atoms with Gasteiger partial charge in [-0.15, -0.1) is 0 Å². The van der Waals surface area contributed by atoms with Gasteiger partial charge in [-0.2, -0.15) is 5.10 Å². The van der Waals surface area contributed by atoms with Gasteiger partial charge in [-0.05, 0) is 42.3 Å². The molecule has 0 saturated heterocycles. The molecule has 3 aromatic carbocycles. The Hall–Kier alpha value is -3.81. The van der Waals surface area contributed by atoms with Crippen LogP contribution in [0.2, 0.25) is 5.02 Å². The van der Waals surface area contributed by atoms with E-state index < -0.39 is 17.7 Å². The maximum atomic E-state index is 13.8. The average Bonchev–Trinajstić information content (AvgIpc) is 3.30. The van der Waals surface area contributed by atoms with E-state index in [1.54, 1.807) is 44.5 Å². The van der Waals surface area contributed by atoms with Crippen molar-refractivity contribution in [1.29, 1.82) is 0 Å². The van der Waals surface area contributed by atoms with E-state index in [1.165, 1.54) is 4.68 Å². The van der Waals surface area contributed by atoms with Gasteiger partial charge >= 0.3 is 0 Å². The number of para-hydroxylation sites is 2. The number of anilines is 2. The molecule has 178 valence electrons. The van der Waals surface area contributed by atoms with Crippen LogP contribution < -0.4 is 15.4 Å². The second kappa shape index (κ2) is 9.09. The molecule has 4 aromatic rings. The first-order chi connectivity index (χ1) is 16.9. The summed E-state index contributed by atoms with van der Waals surface area (Å²) >= 11 is 6.14. The molecule has 0 radical (unpaired) electrons. The number of fused-ring (bicyclic) bond motifs is 1. The van der Waals surface area contributed by atoms with Gasteiger partial charge in [-0.25, -0.2) is 4.68 Å². The number of hydrogen-bond acceptors (Lipinski definition) is 5. The van der Waals surface area contributed by atoms with Crippen LogP contribution in [-0.4, -0.2) is 27.9 Å². The zero-order valence-corrected chi connectivity index (χ0v) is 20.0. The van der Waals surface area contributed by atoms with Crippen molar-refractivity contribution in [3.05, 3.63) is 95.6 Å². The van der Waals surface area contributed by atoms with E-state index in [2.05, 4.69) is 15.7 Å². The highest BCUT2D eigenvalue weighted by molar-refractivity contribution is 6.30. The summed E-state index contributed by atoms with van der Waals surface area (Å²) in [4.78, 5) is 13.8. The van der Waals surface area contributed by atoms with Gasteiger partial charge in [0.05, 0.1) is 25.0 Å². The van der Waals surface area contributed by atoms with E-state index in [9.17, 15) is 9.90 Å². The molecule has 3 N–H and O–H groups in total. The molecule has 2 heterocycles. The lowest BCUT2D eigenvalue weighted by atomic mass is 9.82. The lowest BCUT2D eigenvalue weighted by Crippen LogP contribution is -2.53. The van der Waals surface area contributed by atoms with Crippen LogP contribution in [0.5, 0.6) is 5.75 Å². The van der Waals surface area contributed by atoms with Gasteiger partial charge in [0.25, 0.3) is 0 Å². The fourth-order valence-corrected chi connectivity index (χ4v) is 4.77. The average molecular weight is 489 g/mol. The summed E-state index contributed by atoms with van der Waals surface area (Å²) in [6.45, 7) is 1.61. The number of hydrogen-bond donors (Lipinski definition) is 3. The van der Waals surface area contributed by atoms with Crippen LogP contribution >= 0.6 is 11.6 Å². The quantitative estimate of drug-likeness (QED) is 0.355. The molecule has 35 heavy (non-hydrogen) atoms. The van der Waals surface area contributed by atoms with Crippen LogP contribution in [-0.2, 0) is 10.5 Å². The Balaban J connectivity index is 1.61. The standard InChI is InChI=1S/C27H25ClN4O3/c1-27(34)23(26(33)30-21-10-6-7-11-22(21)35-2)24(18-12-14-19(28)15-13-18)31-25-20(16-29-32(25)27)17-8-4-3-5-9-17/h3-16,23-24,31,34H,1-2H3,(H,30,33)/t23-,24-,27+/m0/s1. The smallest absolute Gasteiger partial charge is 0.234 e. The fourth-order valence-electron chi connectivity index (χ4n) is 4.64. The molecule has 7 nitrogen and oxygen atoms in total. The Kier molecular flexibility index (Phi) is 5.96. The van der Waals surface area contributed by atoms with Crippen molar-refractivity contribution in [1.82, 2.24) is 9.78 Å². The number of aliphatic hydroxyl groups is 1. The predicted octanol–water partition coefficient (Wildman–Crippen LogP) is 5.30. The van der Waals surface area contributed by atoms with Crippen molar-refractivity contribution in [3.8, 4) is 16.9 Å². The normalized spacial score (nSPS) is 21.0. The van der Waals surface area contributed by atoms with Crippen LogP contribution in [0, 0.1) is 5.92 Å². The van der Waals surface area contributed by atoms with Gasteiger partial charge in [-0.1, -0.05) is 66.2 Å². The minimum atomic E-state index is -1.65. The van der Waals surface area contributed by atoms with E-state index >= 15 is 0 Å². The highest BCUT2D eigenvalue weighted by atomic mass is 35.5. The number of benzene rings is 3. The molecule has 0 bridgehead atoms. The summed E-state index contributed by atoms with van der Waals surface area (Å²) in [6, 6.07) is 23.6. The third-order valence-corrected chi connectivity index (χ3v) is 6.63. The monoisotopic (exact) mass is 488 g/mol. The van der Waals surface area contributed by atoms with Gasteiger partial charge in [0, 0.05) is 10.6 Å². The van der Waals surface area contributed by atoms with E-state index in [0.29, 0.717) is 22.3 Å². The summed E-state index contributed by atoms with van der Waals surface area (Å²) in [7, 11) is 1.54. The van der Waals surface area contributed by atoms with E-state index in [0.717, 1.165) is 16.7 Å². The predicted molar refractivity (Wildman–Crippen MR) is 136 cm³/mol. The molecule has 0 unspecified atom stereocenters. The highest BCUT2D eigenvalue weighted by Crippen LogP contribution is 2.46. The number of rotatable bonds is 5. The number of amides is 1. The number of ether oxygens (including phenoxy) is 1. The summed E-state index contributed by atoms with van der Waals surface area (Å²) in [5.74, 6) is -0.167. The first kappa shape index (κ1) is 23.0. The number of halogens is 1. The van der Waals surface area contributed by atoms with Gasteiger partial charge in [0.2, 0.25) is 5.91 Å². The second-order valence-corrected chi connectivity index (χ2v) is 9.06. The van der Waals surface area contributed by atoms with E-state index in [4.69, 9.17) is 16.3 Å². The maximum absolute atomic E-state index is 13.8. The number of nitrogens with one attached hydrogen (secondary N) is 2. The van der Waals surface area contributed by atoms with Crippen LogP contribution in [0.4, 0.5) is 11.5 Å². The van der Waals surface area contributed by atoms with Gasteiger partial charge < -0.3 is 20.5 Å². The summed E-state index contributed by atoms with van der Waals surface area (Å²) in [6.07, 6.45) is 1.70.